The molecule has 3 heterocycles. The summed E-state index contributed by atoms with van der Waals surface area (Å²) in [5.74, 6) is -0.106. The van der Waals surface area contributed by atoms with E-state index in [2.05, 4.69) is 24.0 Å². The Kier molecular flexibility index (Phi) is 4.51. The van der Waals surface area contributed by atoms with Crippen molar-refractivity contribution in [3.05, 3.63) is 34.3 Å². The van der Waals surface area contributed by atoms with Crippen LogP contribution in [0.2, 0.25) is 0 Å². The third-order valence-corrected chi connectivity index (χ3v) is 6.50. The molecule has 0 saturated carbocycles. The Balaban J connectivity index is 2.12. The number of aromatic nitrogens is 1. The molecule has 3 aromatic rings. The average molecular weight is 356 g/mol. The van der Waals surface area contributed by atoms with Crippen molar-refractivity contribution >= 4 is 44.5 Å². The molecule has 4 N–H and O–H groups in total. The molecule has 0 aromatic carbocycles. The van der Waals surface area contributed by atoms with E-state index in [0.717, 1.165) is 32.7 Å². The fourth-order valence-corrected chi connectivity index (χ4v) is 5.04. The lowest BCUT2D eigenvalue weighted by Gasteiger charge is -1.99. The highest BCUT2D eigenvalue weighted by molar-refractivity contribution is 7.26. The average Bonchev–Trinajstić information content (AvgIpc) is 3.17. The Morgan fingerprint density at radius 2 is 2.08 bits per heavy atom. The topological polar surface area (TPSA) is 106 Å². The first-order chi connectivity index (χ1) is 11.5. The lowest BCUT2D eigenvalue weighted by atomic mass is 10.1. The monoisotopic (exact) mass is 356 g/mol. The Hall–Kier alpha value is -2.43. The summed E-state index contributed by atoms with van der Waals surface area (Å²) in [5, 5.41) is 9.57. The third kappa shape index (κ3) is 2.86. The molecule has 0 bridgehead atoms. The van der Waals surface area contributed by atoms with Crippen molar-refractivity contribution in [3.8, 4) is 15.8 Å². The molecule has 3 aromatic heterocycles. The quantitative estimate of drug-likeness (QED) is 0.726. The van der Waals surface area contributed by atoms with E-state index in [4.69, 9.17) is 16.7 Å². The van der Waals surface area contributed by atoms with Crippen molar-refractivity contribution in [1.29, 1.82) is 5.26 Å². The van der Waals surface area contributed by atoms with Gasteiger partial charge in [-0.15, -0.1) is 22.7 Å². The maximum absolute atomic E-state index is 11.6. The fraction of sp³-hybridized carbons (Fsp3) is 0.235. The van der Waals surface area contributed by atoms with Gasteiger partial charge in [0.25, 0.3) is 5.91 Å². The van der Waals surface area contributed by atoms with Gasteiger partial charge >= 0.3 is 0 Å². The molecule has 0 radical (unpaired) electrons. The zero-order valence-corrected chi connectivity index (χ0v) is 14.8. The highest BCUT2D eigenvalue weighted by atomic mass is 32.1. The summed E-state index contributed by atoms with van der Waals surface area (Å²) in [6, 6.07) is 6.30. The third-order valence-electron chi connectivity index (χ3n) is 3.82. The van der Waals surface area contributed by atoms with Gasteiger partial charge in [0.05, 0.1) is 16.3 Å². The van der Waals surface area contributed by atoms with Crippen LogP contribution in [0.15, 0.2) is 18.3 Å². The summed E-state index contributed by atoms with van der Waals surface area (Å²) in [6.45, 7) is 2.11. The van der Waals surface area contributed by atoms with E-state index in [1.54, 1.807) is 11.3 Å². The number of fused-ring (bicyclic) bond motifs is 1. The van der Waals surface area contributed by atoms with E-state index >= 15 is 0 Å². The molecular formula is C17H16N4OS2. The molecule has 0 fully saturated rings. The summed E-state index contributed by atoms with van der Waals surface area (Å²) in [5.41, 5.74) is 13.0. The number of hydrogen-bond acceptors (Lipinski definition) is 6. The second-order valence-electron chi connectivity index (χ2n) is 5.35. The molecule has 5 nitrogen and oxygen atoms in total. The van der Waals surface area contributed by atoms with E-state index in [9.17, 15) is 4.79 Å². The lowest BCUT2D eigenvalue weighted by molar-refractivity contribution is 0.100. The molecular weight excluding hydrogens is 340 g/mol. The molecule has 0 atom stereocenters. The van der Waals surface area contributed by atoms with Gasteiger partial charge in [-0.25, -0.2) is 4.98 Å². The number of hydrogen-bond donors (Lipinski definition) is 2. The van der Waals surface area contributed by atoms with Gasteiger partial charge in [0.2, 0.25) is 0 Å². The van der Waals surface area contributed by atoms with E-state index in [0.29, 0.717) is 17.8 Å². The van der Waals surface area contributed by atoms with Crippen LogP contribution < -0.4 is 11.5 Å². The van der Waals surface area contributed by atoms with Crippen molar-refractivity contribution in [2.45, 2.75) is 26.2 Å². The van der Waals surface area contributed by atoms with Gasteiger partial charge in [-0.2, -0.15) is 5.26 Å². The van der Waals surface area contributed by atoms with Crippen LogP contribution >= 0.6 is 22.7 Å². The number of carbonyl (C=O) groups excluding carboxylic acids is 1. The van der Waals surface area contributed by atoms with Gasteiger partial charge in [0, 0.05) is 32.6 Å². The van der Waals surface area contributed by atoms with Gasteiger partial charge in [-0.1, -0.05) is 6.92 Å². The Bertz CT molecular complexity index is 965. The van der Waals surface area contributed by atoms with Crippen LogP contribution in [-0.2, 0) is 12.8 Å². The number of nitriles is 1. The van der Waals surface area contributed by atoms with Crippen LogP contribution in [0.3, 0.4) is 0 Å². The normalized spacial score (nSPS) is 10.8. The van der Waals surface area contributed by atoms with Gasteiger partial charge in [-0.3, -0.25) is 4.79 Å². The smallest absolute Gasteiger partial charge is 0.251 e. The fourth-order valence-electron chi connectivity index (χ4n) is 2.63. The van der Waals surface area contributed by atoms with E-state index in [1.807, 2.05) is 6.07 Å². The first kappa shape index (κ1) is 16.4. The van der Waals surface area contributed by atoms with Crippen molar-refractivity contribution in [3.63, 3.8) is 0 Å². The molecule has 0 unspecified atom stereocenters. The van der Waals surface area contributed by atoms with E-state index < -0.39 is 5.91 Å². The molecule has 7 heteroatoms. The maximum Gasteiger partial charge on any atom is 0.251 e. The molecule has 0 aliphatic rings. The summed E-state index contributed by atoms with van der Waals surface area (Å²) >= 11 is 3.22. The number of thiophene rings is 2. The minimum atomic E-state index is -0.504. The number of pyridine rings is 1. The minimum absolute atomic E-state index is 0.396. The molecule has 3 rings (SSSR count). The van der Waals surface area contributed by atoms with Gasteiger partial charge < -0.3 is 11.5 Å². The summed E-state index contributed by atoms with van der Waals surface area (Å²) in [6.07, 6.45) is 3.65. The second-order valence-corrected chi connectivity index (χ2v) is 7.53. The number of anilines is 1. The predicted octanol–water partition coefficient (Wildman–Crippen LogP) is 3.72. The molecule has 122 valence electrons. The predicted molar refractivity (Wildman–Crippen MR) is 99.2 cm³/mol. The van der Waals surface area contributed by atoms with Crippen LogP contribution in [0, 0.1) is 11.3 Å². The van der Waals surface area contributed by atoms with E-state index in [-0.39, 0.29) is 0 Å². The van der Waals surface area contributed by atoms with Crippen LogP contribution in [0.5, 0.6) is 0 Å². The van der Waals surface area contributed by atoms with Crippen molar-refractivity contribution in [1.82, 2.24) is 4.98 Å². The van der Waals surface area contributed by atoms with E-state index in [1.165, 1.54) is 28.0 Å². The van der Waals surface area contributed by atoms with Gasteiger partial charge in [0.1, 0.15) is 5.82 Å². The number of carbonyl (C=O) groups is 1. The minimum Gasteiger partial charge on any atom is -0.383 e. The SMILES string of the molecule is CCc1sc(-c2cc3c(N)ncc(C(N)=O)c3s2)cc1CCC#N. The second kappa shape index (κ2) is 6.59. The van der Waals surface area contributed by atoms with Crippen LogP contribution in [-0.4, -0.2) is 10.9 Å². The largest absolute Gasteiger partial charge is 0.383 e. The van der Waals surface area contributed by atoms with Gasteiger partial charge in [0.15, 0.2) is 0 Å². The van der Waals surface area contributed by atoms with Crippen LogP contribution in [0.25, 0.3) is 19.8 Å². The maximum atomic E-state index is 11.6. The molecule has 0 saturated heterocycles. The number of amides is 1. The highest BCUT2D eigenvalue weighted by Crippen LogP contribution is 2.41. The number of nitrogens with two attached hydrogens (primary N) is 2. The Labute approximate surface area is 147 Å². The summed E-state index contributed by atoms with van der Waals surface area (Å²) < 4.78 is 0.773. The Morgan fingerprint density at radius 3 is 2.75 bits per heavy atom. The lowest BCUT2D eigenvalue weighted by Crippen LogP contribution is -2.11. The van der Waals surface area contributed by atoms with Crippen LogP contribution in [0.4, 0.5) is 5.82 Å². The van der Waals surface area contributed by atoms with Gasteiger partial charge in [-0.05, 0) is 30.5 Å². The number of rotatable bonds is 5. The zero-order chi connectivity index (χ0) is 17.3. The zero-order valence-electron chi connectivity index (χ0n) is 13.1. The Morgan fingerprint density at radius 1 is 1.33 bits per heavy atom. The van der Waals surface area contributed by atoms with Crippen molar-refractivity contribution < 1.29 is 4.79 Å². The molecule has 0 spiro atoms. The van der Waals surface area contributed by atoms with Crippen LogP contribution in [0.1, 0.15) is 34.1 Å². The number of nitrogen functional groups attached to an aromatic ring is 1. The molecule has 1 amide bonds. The molecule has 0 aliphatic carbocycles. The summed E-state index contributed by atoms with van der Waals surface area (Å²) in [4.78, 5) is 19.1. The first-order valence-corrected chi connectivity index (χ1v) is 9.15. The standard InChI is InChI=1S/C17H16N4OS2/c1-2-12-9(4-3-5-18)6-13(23-12)14-7-10-15(24-14)11(17(20)22)8-21-16(10)19/h6-8H,2-4H2,1H3,(H2,19,21)(H2,20,22). The number of nitrogens with zero attached hydrogens (tertiary/aromatic N) is 2. The molecule has 0 aliphatic heterocycles. The molecule has 24 heavy (non-hydrogen) atoms. The number of aryl methyl sites for hydroxylation is 2. The summed E-state index contributed by atoms with van der Waals surface area (Å²) in [7, 11) is 0. The first-order valence-electron chi connectivity index (χ1n) is 7.51. The van der Waals surface area contributed by atoms with Crippen molar-refractivity contribution in [2.24, 2.45) is 5.73 Å². The number of primary amides is 1. The highest BCUT2D eigenvalue weighted by Gasteiger charge is 2.17. The van der Waals surface area contributed by atoms with Crippen molar-refractivity contribution in [2.75, 3.05) is 5.73 Å².